The van der Waals surface area contributed by atoms with Crippen LogP contribution in [0, 0.1) is 0 Å². The first-order valence-electron chi connectivity index (χ1n) is 12.9. The number of rotatable bonds is 12. The summed E-state index contributed by atoms with van der Waals surface area (Å²) in [5, 5.41) is 5.57. The van der Waals surface area contributed by atoms with E-state index in [0.717, 1.165) is 25.7 Å². The second-order valence-electron chi connectivity index (χ2n) is 9.99. The lowest BCUT2D eigenvalue weighted by Crippen LogP contribution is -2.51. The number of carbonyl (C=O) groups is 3. The molecule has 8 nitrogen and oxygen atoms in total. The predicted octanol–water partition coefficient (Wildman–Crippen LogP) is 5.70. The molecule has 0 saturated carbocycles. The lowest BCUT2D eigenvalue weighted by atomic mass is 10.0. The highest BCUT2D eigenvalue weighted by molar-refractivity contribution is 5.99. The summed E-state index contributed by atoms with van der Waals surface area (Å²) in [6.45, 7) is 9.37. The maximum absolute atomic E-state index is 13.7. The number of methoxy groups -OCH3 is 1. The SMILES string of the molecule is CCCCCCN(C(=O)C(C)NC(=O)OC(C)(C)C)C(C(=O)Nc1ccc(OC)cc1)c1ccccc1. The normalized spacial score (nSPS) is 12.7. The fourth-order valence-electron chi connectivity index (χ4n) is 3.86. The van der Waals surface area contributed by atoms with Crippen molar-refractivity contribution in [1.82, 2.24) is 10.2 Å². The largest absolute Gasteiger partial charge is 0.497 e. The monoisotopic (exact) mass is 511 g/mol. The van der Waals surface area contributed by atoms with Crippen LogP contribution in [0.3, 0.4) is 0 Å². The van der Waals surface area contributed by atoms with Crippen molar-refractivity contribution in [1.29, 1.82) is 0 Å². The third-order valence-electron chi connectivity index (χ3n) is 5.67. The minimum absolute atomic E-state index is 0.343. The lowest BCUT2D eigenvalue weighted by molar-refractivity contribution is -0.140. The van der Waals surface area contributed by atoms with Gasteiger partial charge in [0.1, 0.15) is 23.4 Å². The maximum atomic E-state index is 13.7. The van der Waals surface area contributed by atoms with Gasteiger partial charge in [0.05, 0.1) is 7.11 Å². The second-order valence-corrected chi connectivity index (χ2v) is 9.99. The molecule has 3 amide bonds. The Morgan fingerprint density at radius 2 is 1.59 bits per heavy atom. The van der Waals surface area contributed by atoms with Crippen LogP contribution in [0.2, 0.25) is 0 Å². The van der Waals surface area contributed by atoms with Crippen LogP contribution < -0.4 is 15.4 Å². The molecule has 0 saturated heterocycles. The van der Waals surface area contributed by atoms with E-state index >= 15 is 0 Å². The standard InChI is InChI=1S/C29H41N3O5/c1-7-8-9-13-20-32(27(34)21(2)30-28(35)37-29(3,4)5)25(22-14-11-10-12-15-22)26(33)31-23-16-18-24(36-6)19-17-23/h10-12,14-19,21,25H,7-9,13,20H2,1-6H3,(H,30,35)(H,31,33). The van der Waals surface area contributed by atoms with Gasteiger partial charge in [0, 0.05) is 12.2 Å². The van der Waals surface area contributed by atoms with Gasteiger partial charge in [-0.05, 0) is 63.9 Å². The number of carbonyl (C=O) groups excluding carboxylic acids is 3. The van der Waals surface area contributed by atoms with Crippen LogP contribution in [0.25, 0.3) is 0 Å². The van der Waals surface area contributed by atoms with E-state index in [-0.39, 0.29) is 11.8 Å². The lowest BCUT2D eigenvalue weighted by Gasteiger charge is -2.33. The van der Waals surface area contributed by atoms with Gasteiger partial charge in [-0.15, -0.1) is 0 Å². The summed E-state index contributed by atoms with van der Waals surface area (Å²) in [6.07, 6.45) is 3.05. The Labute approximate surface area is 220 Å². The molecule has 0 fully saturated rings. The zero-order valence-corrected chi connectivity index (χ0v) is 22.9. The number of hydrogen-bond donors (Lipinski definition) is 2. The molecule has 2 rings (SSSR count). The maximum Gasteiger partial charge on any atom is 0.408 e. The van der Waals surface area contributed by atoms with Crippen molar-refractivity contribution in [2.24, 2.45) is 0 Å². The van der Waals surface area contributed by atoms with Crippen LogP contribution in [0.15, 0.2) is 54.6 Å². The number of unbranched alkanes of at least 4 members (excludes halogenated alkanes) is 3. The Kier molecular flexibility index (Phi) is 11.4. The van der Waals surface area contributed by atoms with Crippen LogP contribution in [-0.2, 0) is 14.3 Å². The minimum atomic E-state index is -0.889. The number of ether oxygens (including phenoxy) is 2. The van der Waals surface area contributed by atoms with Crippen LogP contribution in [0.5, 0.6) is 5.75 Å². The van der Waals surface area contributed by atoms with Crippen LogP contribution >= 0.6 is 0 Å². The topological polar surface area (TPSA) is 97.0 Å². The van der Waals surface area contributed by atoms with E-state index in [2.05, 4.69) is 17.6 Å². The van der Waals surface area contributed by atoms with Gasteiger partial charge in [0.2, 0.25) is 5.91 Å². The van der Waals surface area contributed by atoms with Gasteiger partial charge in [-0.2, -0.15) is 0 Å². The Morgan fingerprint density at radius 1 is 0.946 bits per heavy atom. The van der Waals surface area contributed by atoms with Crippen LogP contribution in [-0.4, -0.2) is 48.1 Å². The van der Waals surface area contributed by atoms with Gasteiger partial charge in [0.25, 0.3) is 5.91 Å². The minimum Gasteiger partial charge on any atom is -0.497 e. The molecule has 0 aliphatic rings. The summed E-state index contributed by atoms with van der Waals surface area (Å²) < 4.78 is 10.5. The highest BCUT2D eigenvalue weighted by Crippen LogP contribution is 2.26. The summed E-state index contributed by atoms with van der Waals surface area (Å²) in [7, 11) is 1.58. The van der Waals surface area contributed by atoms with Crippen LogP contribution in [0.4, 0.5) is 10.5 Å². The van der Waals surface area contributed by atoms with Gasteiger partial charge in [0.15, 0.2) is 0 Å². The number of nitrogens with one attached hydrogen (secondary N) is 2. The van der Waals surface area contributed by atoms with Gasteiger partial charge in [-0.25, -0.2) is 4.79 Å². The molecule has 0 aliphatic heterocycles. The van der Waals surface area contributed by atoms with E-state index < -0.39 is 23.8 Å². The van der Waals surface area contributed by atoms with Gasteiger partial charge < -0.3 is 25.0 Å². The average molecular weight is 512 g/mol. The number of hydrogen-bond acceptors (Lipinski definition) is 5. The number of anilines is 1. The number of benzene rings is 2. The first-order chi connectivity index (χ1) is 17.6. The molecule has 2 N–H and O–H groups in total. The van der Waals surface area contributed by atoms with Gasteiger partial charge >= 0.3 is 6.09 Å². The van der Waals surface area contributed by atoms with E-state index in [4.69, 9.17) is 9.47 Å². The molecule has 8 heteroatoms. The summed E-state index contributed by atoms with van der Waals surface area (Å²) in [5.74, 6) is -0.0295. The average Bonchev–Trinajstić information content (AvgIpc) is 2.85. The zero-order chi connectivity index (χ0) is 27.4. The fourth-order valence-corrected chi connectivity index (χ4v) is 3.86. The summed E-state index contributed by atoms with van der Waals surface area (Å²) >= 11 is 0. The molecule has 202 valence electrons. The molecule has 2 aromatic carbocycles. The van der Waals surface area contributed by atoms with Crippen molar-refractivity contribution in [3.8, 4) is 5.75 Å². The molecular weight excluding hydrogens is 470 g/mol. The molecular formula is C29H41N3O5. The highest BCUT2D eigenvalue weighted by atomic mass is 16.6. The fraction of sp³-hybridized carbons (Fsp3) is 0.483. The van der Waals surface area contributed by atoms with E-state index in [1.165, 1.54) is 0 Å². The molecule has 0 aliphatic carbocycles. The van der Waals surface area contributed by atoms with Crippen molar-refractivity contribution < 1.29 is 23.9 Å². The molecule has 0 bridgehead atoms. The molecule has 2 aromatic rings. The van der Waals surface area contributed by atoms with E-state index in [1.54, 1.807) is 64.0 Å². The Hall–Kier alpha value is -3.55. The van der Waals surface area contributed by atoms with Crippen molar-refractivity contribution in [2.75, 3.05) is 19.0 Å². The molecule has 0 aromatic heterocycles. The van der Waals surface area contributed by atoms with E-state index in [0.29, 0.717) is 23.5 Å². The number of alkyl carbamates (subject to hydrolysis) is 1. The third-order valence-corrected chi connectivity index (χ3v) is 5.67. The first kappa shape index (κ1) is 29.7. The van der Waals surface area contributed by atoms with E-state index in [9.17, 15) is 14.4 Å². The van der Waals surface area contributed by atoms with Crippen molar-refractivity contribution in [3.63, 3.8) is 0 Å². The smallest absolute Gasteiger partial charge is 0.408 e. The van der Waals surface area contributed by atoms with Gasteiger partial charge in [-0.1, -0.05) is 56.5 Å². The third kappa shape index (κ3) is 9.79. The molecule has 2 unspecified atom stereocenters. The molecule has 0 radical (unpaired) electrons. The molecule has 0 heterocycles. The summed E-state index contributed by atoms with van der Waals surface area (Å²) in [5.41, 5.74) is 0.573. The molecule has 0 spiro atoms. The van der Waals surface area contributed by atoms with Crippen molar-refractivity contribution in [3.05, 3.63) is 60.2 Å². The molecule has 2 atom stereocenters. The Bertz CT molecular complexity index is 1000. The van der Waals surface area contributed by atoms with E-state index in [1.807, 2.05) is 30.3 Å². The number of nitrogens with zero attached hydrogens (tertiary/aromatic N) is 1. The highest BCUT2D eigenvalue weighted by Gasteiger charge is 2.34. The van der Waals surface area contributed by atoms with Gasteiger partial charge in [-0.3, -0.25) is 9.59 Å². The summed E-state index contributed by atoms with van der Waals surface area (Å²) in [4.78, 5) is 41.3. The predicted molar refractivity (Wildman–Crippen MR) is 145 cm³/mol. The quantitative estimate of drug-likeness (QED) is 0.357. The number of amides is 3. The Morgan fingerprint density at radius 3 is 2.16 bits per heavy atom. The van der Waals surface area contributed by atoms with Crippen molar-refractivity contribution in [2.45, 2.75) is 78.0 Å². The van der Waals surface area contributed by atoms with Crippen molar-refractivity contribution >= 4 is 23.6 Å². The first-order valence-corrected chi connectivity index (χ1v) is 12.9. The Balaban J connectivity index is 2.36. The zero-order valence-electron chi connectivity index (χ0n) is 22.9. The van der Waals surface area contributed by atoms with Crippen LogP contribution in [0.1, 0.15) is 71.9 Å². The molecule has 37 heavy (non-hydrogen) atoms. The summed E-state index contributed by atoms with van der Waals surface area (Å²) in [6, 6.07) is 14.4. The second kappa shape index (κ2) is 14.3.